The van der Waals surface area contributed by atoms with Crippen LogP contribution < -0.4 is 15.5 Å². The first-order chi connectivity index (χ1) is 12.7. The molecule has 2 N–H and O–H groups in total. The van der Waals surface area contributed by atoms with Crippen LogP contribution in [-0.2, 0) is 11.3 Å². The maximum Gasteiger partial charge on any atom is 0.407 e. The molecule has 8 nitrogen and oxygen atoms in total. The summed E-state index contributed by atoms with van der Waals surface area (Å²) in [5, 5.41) is 6.33. The van der Waals surface area contributed by atoms with Gasteiger partial charge in [0.25, 0.3) is 0 Å². The van der Waals surface area contributed by atoms with Crippen LogP contribution in [0.15, 0.2) is 23.3 Å². The van der Waals surface area contributed by atoms with E-state index in [-0.39, 0.29) is 12.1 Å². The van der Waals surface area contributed by atoms with Gasteiger partial charge in [-0.2, -0.15) is 0 Å². The van der Waals surface area contributed by atoms with Crippen molar-refractivity contribution in [2.24, 2.45) is 4.99 Å². The molecular weight excluding hydrogens is 344 g/mol. The van der Waals surface area contributed by atoms with Gasteiger partial charge in [-0.15, -0.1) is 0 Å². The number of hydrogen-bond acceptors (Lipinski definition) is 5. The molecule has 0 bridgehead atoms. The van der Waals surface area contributed by atoms with Crippen molar-refractivity contribution < 1.29 is 9.53 Å². The summed E-state index contributed by atoms with van der Waals surface area (Å²) >= 11 is 0. The predicted octanol–water partition coefficient (Wildman–Crippen LogP) is 1.82. The van der Waals surface area contributed by atoms with Crippen LogP contribution in [0.3, 0.4) is 0 Å². The number of carbonyl (C=O) groups excluding carboxylic acids is 1. The van der Waals surface area contributed by atoms with Gasteiger partial charge in [-0.25, -0.2) is 9.78 Å². The molecule has 1 atom stereocenters. The van der Waals surface area contributed by atoms with Crippen molar-refractivity contribution in [1.82, 2.24) is 20.5 Å². The van der Waals surface area contributed by atoms with Crippen molar-refractivity contribution in [3.05, 3.63) is 23.9 Å². The summed E-state index contributed by atoms with van der Waals surface area (Å²) in [7, 11) is 5.72. The number of hydrogen-bond donors (Lipinski definition) is 2. The third-order valence-electron chi connectivity index (χ3n) is 4.14. The summed E-state index contributed by atoms with van der Waals surface area (Å²) in [5.74, 6) is 1.75. The average Bonchev–Trinajstić information content (AvgIpc) is 3.02. The van der Waals surface area contributed by atoms with E-state index >= 15 is 0 Å². The van der Waals surface area contributed by atoms with Crippen molar-refractivity contribution in [3.8, 4) is 0 Å². The van der Waals surface area contributed by atoms with Gasteiger partial charge >= 0.3 is 6.09 Å². The Hall–Kier alpha value is -2.51. The smallest absolute Gasteiger partial charge is 0.407 e. The van der Waals surface area contributed by atoms with Gasteiger partial charge in [0.2, 0.25) is 0 Å². The Morgan fingerprint density at radius 2 is 2.19 bits per heavy atom. The van der Waals surface area contributed by atoms with Crippen molar-refractivity contribution >= 4 is 17.9 Å². The summed E-state index contributed by atoms with van der Waals surface area (Å²) < 4.78 is 5.33. The molecule has 150 valence electrons. The first-order valence-corrected chi connectivity index (χ1v) is 9.25. The van der Waals surface area contributed by atoms with E-state index in [0.717, 1.165) is 30.3 Å². The highest BCUT2D eigenvalue weighted by molar-refractivity contribution is 5.80. The highest BCUT2D eigenvalue weighted by Gasteiger charge is 2.27. The number of anilines is 1. The highest BCUT2D eigenvalue weighted by atomic mass is 16.6. The Morgan fingerprint density at radius 1 is 1.44 bits per heavy atom. The number of pyridine rings is 1. The van der Waals surface area contributed by atoms with Crippen LogP contribution in [0.2, 0.25) is 0 Å². The minimum Gasteiger partial charge on any atom is -0.444 e. The minimum atomic E-state index is -0.490. The number of ether oxygens (including phenoxy) is 1. The zero-order valence-electron chi connectivity index (χ0n) is 17.2. The van der Waals surface area contributed by atoms with E-state index in [9.17, 15) is 4.79 Å². The maximum atomic E-state index is 12.0. The maximum absolute atomic E-state index is 12.0. The lowest BCUT2D eigenvalue weighted by Gasteiger charge is -2.23. The molecule has 0 aromatic carbocycles. The topological polar surface area (TPSA) is 82.1 Å². The van der Waals surface area contributed by atoms with E-state index in [2.05, 4.69) is 31.6 Å². The molecular formula is C19H32N6O2. The van der Waals surface area contributed by atoms with Gasteiger partial charge in [-0.05, 0) is 44.9 Å². The fraction of sp³-hybridized carbons (Fsp3) is 0.632. The second-order valence-electron chi connectivity index (χ2n) is 7.90. The molecule has 1 aliphatic rings. The van der Waals surface area contributed by atoms with Gasteiger partial charge in [0, 0.05) is 47.0 Å². The van der Waals surface area contributed by atoms with Crippen LogP contribution in [-0.4, -0.2) is 67.8 Å². The summed E-state index contributed by atoms with van der Waals surface area (Å²) in [4.78, 5) is 24.8. The molecule has 0 spiro atoms. The van der Waals surface area contributed by atoms with Crippen molar-refractivity contribution in [1.29, 1.82) is 0 Å². The van der Waals surface area contributed by atoms with Crippen LogP contribution in [0.25, 0.3) is 0 Å². The van der Waals surface area contributed by atoms with E-state index in [0.29, 0.717) is 13.1 Å². The number of alkyl carbamates (subject to hydrolysis) is 1. The van der Waals surface area contributed by atoms with Crippen molar-refractivity contribution in [2.75, 3.05) is 39.1 Å². The predicted molar refractivity (Wildman–Crippen MR) is 108 cm³/mol. The lowest BCUT2D eigenvalue weighted by molar-refractivity contribution is 0.0507. The van der Waals surface area contributed by atoms with Crippen LogP contribution in [0.1, 0.15) is 32.8 Å². The van der Waals surface area contributed by atoms with E-state index in [4.69, 9.17) is 4.74 Å². The Labute approximate surface area is 162 Å². The second kappa shape index (κ2) is 8.92. The number of aliphatic imine (C=N–C) groups is 1. The zero-order valence-corrected chi connectivity index (χ0v) is 17.2. The molecule has 0 saturated carbocycles. The van der Waals surface area contributed by atoms with E-state index in [1.54, 1.807) is 7.05 Å². The Morgan fingerprint density at radius 3 is 2.81 bits per heavy atom. The monoisotopic (exact) mass is 376 g/mol. The molecule has 0 radical (unpaired) electrons. The van der Waals surface area contributed by atoms with Gasteiger partial charge in [0.1, 0.15) is 11.4 Å². The van der Waals surface area contributed by atoms with E-state index in [1.807, 2.05) is 52.0 Å². The summed E-state index contributed by atoms with van der Waals surface area (Å²) in [6.07, 6.45) is 2.30. The minimum absolute atomic E-state index is 0.0552. The molecule has 1 aromatic rings. The standard InChI is InChI=1S/C19H32N6O2/c1-19(2,3)27-18(26)23-15-8-10-25(13-15)17(20-4)22-12-14-7-9-21-16(11-14)24(5)6/h7,9,11,15H,8,10,12-13H2,1-6H3,(H,20,22)(H,23,26). The lowest BCUT2D eigenvalue weighted by Crippen LogP contribution is -2.44. The quantitative estimate of drug-likeness (QED) is 0.616. The third kappa shape index (κ3) is 6.62. The number of rotatable bonds is 4. The van der Waals surface area contributed by atoms with Crippen LogP contribution in [0.4, 0.5) is 10.6 Å². The van der Waals surface area contributed by atoms with Gasteiger partial charge in [0.15, 0.2) is 5.96 Å². The van der Waals surface area contributed by atoms with Gasteiger partial charge in [0.05, 0.1) is 6.04 Å². The molecule has 0 aliphatic carbocycles. The lowest BCUT2D eigenvalue weighted by atomic mass is 10.2. The molecule has 1 unspecified atom stereocenters. The third-order valence-corrected chi connectivity index (χ3v) is 4.14. The SMILES string of the molecule is CN=C(NCc1ccnc(N(C)C)c1)N1CCC(NC(=O)OC(C)(C)C)C1. The Kier molecular flexibility index (Phi) is 6.87. The largest absolute Gasteiger partial charge is 0.444 e. The zero-order chi connectivity index (χ0) is 20.0. The van der Waals surface area contributed by atoms with Gasteiger partial charge < -0.3 is 25.2 Å². The van der Waals surface area contributed by atoms with Crippen molar-refractivity contribution in [3.63, 3.8) is 0 Å². The fourth-order valence-corrected chi connectivity index (χ4v) is 2.87. The van der Waals surface area contributed by atoms with E-state index < -0.39 is 5.60 Å². The molecule has 2 heterocycles. The van der Waals surface area contributed by atoms with Crippen LogP contribution in [0.5, 0.6) is 0 Å². The number of guanidine groups is 1. The number of likely N-dealkylation sites (tertiary alicyclic amines) is 1. The summed E-state index contributed by atoms with van der Waals surface area (Å²) in [6, 6.07) is 4.10. The fourth-order valence-electron chi connectivity index (χ4n) is 2.87. The molecule has 27 heavy (non-hydrogen) atoms. The summed E-state index contributed by atoms with van der Waals surface area (Å²) in [6.45, 7) is 7.79. The first-order valence-electron chi connectivity index (χ1n) is 9.25. The normalized spacial score (nSPS) is 17.6. The summed E-state index contributed by atoms with van der Waals surface area (Å²) in [5.41, 5.74) is 0.646. The van der Waals surface area contributed by atoms with Crippen LogP contribution >= 0.6 is 0 Å². The average molecular weight is 377 g/mol. The first kappa shape index (κ1) is 20.8. The van der Waals surface area contributed by atoms with Crippen molar-refractivity contribution in [2.45, 2.75) is 45.4 Å². The molecule has 1 fully saturated rings. The molecule has 1 amide bonds. The number of aromatic nitrogens is 1. The second-order valence-corrected chi connectivity index (χ2v) is 7.90. The number of amides is 1. The van der Waals surface area contributed by atoms with E-state index in [1.165, 1.54) is 0 Å². The van der Waals surface area contributed by atoms with Gasteiger partial charge in [-0.3, -0.25) is 4.99 Å². The number of nitrogens with one attached hydrogen (secondary N) is 2. The van der Waals surface area contributed by atoms with Gasteiger partial charge in [-0.1, -0.05) is 0 Å². The number of nitrogens with zero attached hydrogens (tertiary/aromatic N) is 4. The number of carbonyl (C=O) groups is 1. The molecule has 2 rings (SSSR count). The highest BCUT2D eigenvalue weighted by Crippen LogP contribution is 2.13. The Bertz CT molecular complexity index is 668. The van der Waals surface area contributed by atoms with Crippen LogP contribution in [0, 0.1) is 0 Å². The molecule has 1 saturated heterocycles. The molecule has 8 heteroatoms. The Balaban J connectivity index is 1.86. The molecule has 1 aliphatic heterocycles. The molecule has 1 aromatic heterocycles.